The Bertz CT molecular complexity index is 641. The smallest absolute Gasteiger partial charge is 0.335 e. The van der Waals surface area contributed by atoms with Crippen molar-refractivity contribution in [1.82, 2.24) is 4.31 Å². The van der Waals surface area contributed by atoms with Gasteiger partial charge in [0.1, 0.15) is 10.6 Å². The number of hydrogen-bond acceptors (Lipinski definition) is 4. The van der Waals surface area contributed by atoms with Crippen molar-refractivity contribution < 1.29 is 23.1 Å². The minimum atomic E-state index is -3.75. The molecule has 1 aliphatic heterocycles. The van der Waals surface area contributed by atoms with Gasteiger partial charge in [-0.2, -0.15) is 4.31 Å². The standard InChI is InChI=1S/C14H19NO5S/c1-3-11-5-4-8-15(11)21(18,19)13-9-10(14(16)17)6-7-12(13)20-2/h6-7,9,11H,3-5,8H2,1-2H3,(H,16,17). The van der Waals surface area contributed by atoms with Gasteiger partial charge in [0, 0.05) is 12.6 Å². The van der Waals surface area contributed by atoms with E-state index in [2.05, 4.69) is 0 Å². The second kappa shape index (κ2) is 6.03. The number of carboxylic acid groups (broad SMARTS) is 1. The van der Waals surface area contributed by atoms with Crippen LogP contribution in [0.4, 0.5) is 0 Å². The maximum Gasteiger partial charge on any atom is 0.335 e. The molecule has 1 unspecified atom stereocenters. The third-order valence-corrected chi connectivity index (χ3v) is 5.76. The third-order valence-electron chi connectivity index (χ3n) is 3.79. The number of sulfonamides is 1. The minimum absolute atomic E-state index is 0.0341. The molecule has 1 aromatic carbocycles. The van der Waals surface area contributed by atoms with Crippen LogP contribution in [0.1, 0.15) is 36.5 Å². The summed E-state index contributed by atoms with van der Waals surface area (Å²) >= 11 is 0. The summed E-state index contributed by atoms with van der Waals surface area (Å²) in [5.74, 6) is -0.996. The first-order valence-electron chi connectivity index (χ1n) is 6.85. The molecule has 0 aliphatic carbocycles. The van der Waals surface area contributed by atoms with Crippen molar-refractivity contribution in [3.63, 3.8) is 0 Å². The van der Waals surface area contributed by atoms with Crippen LogP contribution in [0.5, 0.6) is 5.75 Å². The zero-order valence-corrected chi connectivity index (χ0v) is 12.9. The van der Waals surface area contributed by atoms with Gasteiger partial charge in [-0.3, -0.25) is 0 Å². The van der Waals surface area contributed by atoms with Crippen LogP contribution in [0.15, 0.2) is 23.1 Å². The lowest BCUT2D eigenvalue weighted by molar-refractivity contribution is 0.0696. The van der Waals surface area contributed by atoms with Crippen LogP contribution in [0, 0.1) is 0 Å². The summed E-state index contributed by atoms with van der Waals surface area (Å²) in [5, 5.41) is 9.05. The Hall–Kier alpha value is -1.60. The highest BCUT2D eigenvalue weighted by Crippen LogP contribution is 2.33. The molecule has 1 aromatic rings. The molecule has 6 nitrogen and oxygen atoms in total. The van der Waals surface area contributed by atoms with E-state index >= 15 is 0 Å². The highest BCUT2D eigenvalue weighted by molar-refractivity contribution is 7.89. The Morgan fingerprint density at radius 3 is 2.76 bits per heavy atom. The zero-order chi connectivity index (χ0) is 15.6. The molecule has 1 saturated heterocycles. The number of ether oxygens (including phenoxy) is 1. The van der Waals surface area contributed by atoms with E-state index in [9.17, 15) is 13.2 Å². The first-order valence-corrected chi connectivity index (χ1v) is 8.29. The van der Waals surface area contributed by atoms with Crippen molar-refractivity contribution in [3.8, 4) is 5.75 Å². The average molecular weight is 313 g/mol. The topological polar surface area (TPSA) is 83.9 Å². The molecule has 1 heterocycles. The van der Waals surface area contributed by atoms with Gasteiger partial charge in [-0.1, -0.05) is 6.92 Å². The molecule has 0 radical (unpaired) electrons. The Kier molecular flexibility index (Phi) is 4.53. The van der Waals surface area contributed by atoms with E-state index in [1.54, 1.807) is 0 Å². The molecular formula is C14H19NO5S. The van der Waals surface area contributed by atoms with Crippen LogP contribution in [0.25, 0.3) is 0 Å². The summed E-state index contributed by atoms with van der Waals surface area (Å²) in [6.45, 7) is 2.41. The number of rotatable bonds is 5. The van der Waals surface area contributed by atoms with Gasteiger partial charge in [-0.15, -0.1) is 0 Å². The summed E-state index contributed by atoms with van der Waals surface area (Å²) in [4.78, 5) is 11.0. The fraction of sp³-hybridized carbons (Fsp3) is 0.500. The van der Waals surface area contributed by atoms with Crippen LogP contribution >= 0.6 is 0 Å². The fourth-order valence-corrected chi connectivity index (χ4v) is 4.62. The van der Waals surface area contributed by atoms with Crippen LogP contribution < -0.4 is 4.74 Å². The van der Waals surface area contributed by atoms with Crippen molar-refractivity contribution in [2.75, 3.05) is 13.7 Å². The Morgan fingerprint density at radius 1 is 1.48 bits per heavy atom. The average Bonchev–Trinajstić information content (AvgIpc) is 2.95. The van der Waals surface area contributed by atoms with Gasteiger partial charge in [0.05, 0.1) is 12.7 Å². The molecule has 7 heteroatoms. The lowest BCUT2D eigenvalue weighted by atomic mass is 10.2. The molecule has 116 valence electrons. The summed E-state index contributed by atoms with van der Waals surface area (Å²) in [7, 11) is -2.38. The van der Waals surface area contributed by atoms with Crippen LogP contribution in [0.2, 0.25) is 0 Å². The number of hydrogen-bond donors (Lipinski definition) is 1. The van der Waals surface area contributed by atoms with Crippen molar-refractivity contribution in [2.45, 2.75) is 37.1 Å². The number of methoxy groups -OCH3 is 1. The van der Waals surface area contributed by atoms with Crippen LogP contribution in [0.3, 0.4) is 0 Å². The summed E-state index contributed by atoms with van der Waals surface area (Å²) in [6.07, 6.45) is 2.38. The summed E-state index contributed by atoms with van der Waals surface area (Å²) in [5.41, 5.74) is -0.0679. The van der Waals surface area contributed by atoms with E-state index in [0.717, 1.165) is 19.3 Å². The van der Waals surface area contributed by atoms with Gasteiger partial charge < -0.3 is 9.84 Å². The third kappa shape index (κ3) is 2.89. The highest BCUT2D eigenvalue weighted by Gasteiger charge is 2.36. The number of carboxylic acids is 1. The first-order chi connectivity index (χ1) is 9.91. The molecule has 1 N–H and O–H groups in total. The number of carbonyl (C=O) groups is 1. The van der Waals surface area contributed by atoms with Gasteiger partial charge in [0.15, 0.2) is 0 Å². The monoisotopic (exact) mass is 313 g/mol. The summed E-state index contributed by atoms with van der Waals surface area (Å²) in [6, 6.07) is 3.85. The van der Waals surface area contributed by atoms with Gasteiger partial charge >= 0.3 is 5.97 Å². The molecule has 1 atom stereocenters. The number of nitrogens with zero attached hydrogens (tertiary/aromatic N) is 1. The Balaban J connectivity index is 2.52. The van der Waals surface area contributed by atoms with E-state index in [1.165, 1.54) is 29.6 Å². The van der Waals surface area contributed by atoms with Crippen molar-refractivity contribution in [1.29, 1.82) is 0 Å². The van der Waals surface area contributed by atoms with Crippen molar-refractivity contribution >= 4 is 16.0 Å². The van der Waals surface area contributed by atoms with Gasteiger partial charge in [0.25, 0.3) is 0 Å². The molecular weight excluding hydrogens is 294 g/mol. The maximum absolute atomic E-state index is 12.8. The number of benzene rings is 1. The molecule has 0 spiro atoms. The molecule has 0 bridgehead atoms. The first kappa shape index (κ1) is 15.8. The molecule has 21 heavy (non-hydrogen) atoms. The second-order valence-corrected chi connectivity index (χ2v) is 6.85. The molecule has 1 fully saturated rings. The normalized spacial score (nSPS) is 19.6. The summed E-state index contributed by atoms with van der Waals surface area (Å²) < 4.78 is 32.2. The molecule has 2 rings (SSSR count). The minimum Gasteiger partial charge on any atom is -0.495 e. The van der Waals surface area contributed by atoms with Gasteiger partial charge in [-0.25, -0.2) is 13.2 Å². The maximum atomic E-state index is 12.8. The van der Waals surface area contributed by atoms with Gasteiger partial charge in [-0.05, 0) is 37.5 Å². The van der Waals surface area contributed by atoms with Crippen LogP contribution in [-0.4, -0.2) is 43.5 Å². The molecule has 0 aromatic heterocycles. The largest absolute Gasteiger partial charge is 0.495 e. The molecule has 0 saturated carbocycles. The van der Waals surface area contributed by atoms with Crippen molar-refractivity contribution in [2.24, 2.45) is 0 Å². The fourth-order valence-electron chi connectivity index (χ4n) is 2.67. The second-order valence-electron chi connectivity index (χ2n) is 4.99. The molecule has 1 aliphatic rings. The number of aromatic carboxylic acids is 1. The van der Waals surface area contributed by atoms with Crippen molar-refractivity contribution in [3.05, 3.63) is 23.8 Å². The van der Waals surface area contributed by atoms with E-state index in [0.29, 0.717) is 6.54 Å². The van der Waals surface area contributed by atoms with Gasteiger partial charge in [0.2, 0.25) is 10.0 Å². The quantitative estimate of drug-likeness (QED) is 0.898. The highest BCUT2D eigenvalue weighted by atomic mass is 32.2. The van der Waals surface area contributed by atoms with Crippen LogP contribution in [-0.2, 0) is 10.0 Å². The lowest BCUT2D eigenvalue weighted by Crippen LogP contribution is -2.35. The molecule has 0 amide bonds. The zero-order valence-electron chi connectivity index (χ0n) is 12.1. The predicted molar refractivity (Wildman–Crippen MR) is 77.2 cm³/mol. The van der Waals surface area contributed by atoms with E-state index in [-0.39, 0.29) is 22.3 Å². The lowest BCUT2D eigenvalue weighted by Gasteiger charge is -2.24. The van der Waals surface area contributed by atoms with E-state index < -0.39 is 16.0 Å². The Labute approximate surface area is 124 Å². The van der Waals surface area contributed by atoms with E-state index in [1.807, 2.05) is 6.92 Å². The SMILES string of the molecule is CCC1CCCN1S(=O)(=O)c1cc(C(=O)O)ccc1OC. The predicted octanol–water partition coefficient (Wildman–Crippen LogP) is 1.96. The Morgan fingerprint density at radius 2 is 2.19 bits per heavy atom. The van der Waals surface area contributed by atoms with E-state index in [4.69, 9.17) is 9.84 Å².